The molecule has 8 heteroatoms. The van der Waals surface area contributed by atoms with Crippen molar-refractivity contribution in [3.63, 3.8) is 0 Å². The number of hydrogen-bond donors (Lipinski definition) is 2. The summed E-state index contributed by atoms with van der Waals surface area (Å²) in [7, 11) is -3.04. The van der Waals surface area contributed by atoms with Gasteiger partial charge in [-0.05, 0) is 37.0 Å². The van der Waals surface area contributed by atoms with Crippen LogP contribution in [-0.2, 0) is 16.3 Å². The van der Waals surface area contributed by atoms with Gasteiger partial charge in [0.1, 0.15) is 5.69 Å². The van der Waals surface area contributed by atoms with Gasteiger partial charge in [0.05, 0.1) is 11.5 Å². The Labute approximate surface area is 153 Å². The minimum Gasteiger partial charge on any atom is -0.347 e. The molecule has 1 unspecified atom stereocenters. The maximum absolute atomic E-state index is 12.4. The van der Waals surface area contributed by atoms with Crippen molar-refractivity contribution < 1.29 is 13.2 Å². The number of carbonyl (C=O) groups is 1. The lowest BCUT2D eigenvalue weighted by Crippen LogP contribution is -2.36. The molecule has 138 valence electrons. The molecular weight excluding hydrogens is 352 g/mol. The Morgan fingerprint density at radius 3 is 2.81 bits per heavy atom. The summed E-state index contributed by atoms with van der Waals surface area (Å²) in [6.45, 7) is 4.07. The second-order valence-corrected chi connectivity index (χ2v) is 8.66. The average molecular weight is 374 g/mol. The highest BCUT2D eigenvalue weighted by atomic mass is 32.2. The van der Waals surface area contributed by atoms with Crippen LogP contribution in [0.2, 0.25) is 0 Å². The number of rotatable bonds is 5. The van der Waals surface area contributed by atoms with E-state index in [1.807, 2.05) is 25.1 Å². The standard InChI is InChI=1S/C18H22N4O3S/c1-3-13-6-4-5-12(2)16(13)22-18-19-9-7-15(21-18)17(23)20-14-8-10-26(24,25)11-14/h4-7,9,14H,3,8,10-11H2,1-2H3,(H,20,23)(H,19,21,22). The molecule has 0 radical (unpaired) electrons. The van der Waals surface area contributed by atoms with Crippen molar-refractivity contribution in [3.8, 4) is 0 Å². The first-order valence-electron chi connectivity index (χ1n) is 8.58. The third-order valence-electron chi connectivity index (χ3n) is 4.43. The lowest BCUT2D eigenvalue weighted by Gasteiger charge is -2.14. The van der Waals surface area contributed by atoms with Crippen molar-refractivity contribution in [2.75, 3.05) is 16.8 Å². The van der Waals surface area contributed by atoms with Crippen LogP contribution in [0.5, 0.6) is 0 Å². The van der Waals surface area contributed by atoms with Gasteiger partial charge in [-0.25, -0.2) is 18.4 Å². The molecule has 7 nitrogen and oxygen atoms in total. The van der Waals surface area contributed by atoms with Gasteiger partial charge in [-0.3, -0.25) is 4.79 Å². The molecule has 0 spiro atoms. The summed E-state index contributed by atoms with van der Waals surface area (Å²) in [6.07, 6.45) is 2.81. The molecule has 1 aliphatic heterocycles. The third kappa shape index (κ3) is 4.19. The van der Waals surface area contributed by atoms with Gasteiger partial charge in [-0.1, -0.05) is 25.1 Å². The van der Waals surface area contributed by atoms with Crippen LogP contribution in [0.15, 0.2) is 30.5 Å². The molecule has 1 amide bonds. The van der Waals surface area contributed by atoms with Crippen LogP contribution in [0.3, 0.4) is 0 Å². The van der Waals surface area contributed by atoms with Crippen LogP contribution >= 0.6 is 0 Å². The number of amides is 1. The van der Waals surface area contributed by atoms with Gasteiger partial charge in [-0.15, -0.1) is 0 Å². The summed E-state index contributed by atoms with van der Waals surface area (Å²) in [5, 5.41) is 5.94. The van der Waals surface area contributed by atoms with E-state index >= 15 is 0 Å². The van der Waals surface area contributed by atoms with Gasteiger partial charge in [0.2, 0.25) is 5.95 Å². The largest absolute Gasteiger partial charge is 0.347 e. The molecular formula is C18H22N4O3S. The maximum atomic E-state index is 12.4. The number of nitrogens with one attached hydrogen (secondary N) is 2. The van der Waals surface area contributed by atoms with Crippen LogP contribution < -0.4 is 10.6 Å². The molecule has 1 fully saturated rings. The van der Waals surface area contributed by atoms with E-state index in [1.54, 1.807) is 0 Å². The molecule has 2 heterocycles. The van der Waals surface area contributed by atoms with E-state index in [-0.39, 0.29) is 23.2 Å². The van der Waals surface area contributed by atoms with Crippen molar-refractivity contribution in [1.82, 2.24) is 15.3 Å². The second kappa shape index (κ2) is 7.41. The second-order valence-electron chi connectivity index (χ2n) is 6.43. The Bertz CT molecular complexity index is 928. The summed E-state index contributed by atoms with van der Waals surface area (Å²) >= 11 is 0. The molecule has 1 aromatic heterocycles. The Hall–Kier alpha value is -2.48. The van der Waals surface area contributed by atoms with Crippen LogP contribution in [-0.4, -0.2) is 41.8 Å². The smallest absolute Gasteiger partial charge is 0.270 e. The summed E-state index contributed by atoms with van der Waals surface area (Å²) in [5.74, 6) is 0.0401. The molecule has 1 saturated heterocycles. The van der Waals surface area contributed by atoms with E-state index in [0.717, 1.165) is 23.2 Å². The molecule has 1 aliphatic rings. The van der Waals surface area contributed by atoms with Crippen molar-refractivity contribution in [3.05, 3.63) is 47.3 Å². The van der Waals surface area contributed by atoms with Gasteiger partial charge >= 0.3 is 0 Å². The highest BCUT2D eigenvalue weighted by Gasteiger charge is 2.29. The van der Waals surface area contributed by atoms with Gasteiger partial charge in [0, 0.05) is 17.9 Å². The number of hydrogen-bond acceptors (Lipinski definition) is 6. The van der Waals surface area contributed by atoms with Gasteiger partial charge in [0.15, 0.2) is 9.84 Å². The predicted octanol–water partition coefficient (Wildman–Crippen LogP) is 2.01. The minimum atomic E-state index is -3.04. The number of benzene rings is 1. The monoisotopic (exact) mass is 374 g/mol. The summed E-state index contributed by atoms with van der Waals surface area (Å²) in [5.41, 5.74) is 3.35. The Morgan fingerprint density at radius 2 is 2.12 bits per heavy atom. The molecule has 2 aromatic rings. The molecule has 1 atom stereocenters. The van der Waals surface area contributed by atoms with Crippen molar-refractivity contribution in [2.24, 2.45) is 0 Å². The number of nitrogens with zero attached hydrogens (tertiary/aromatic N) is 2. The molecule has 3 rings (SSSR count). The van der Waals surface area contributed by atoms with Crippen LogP contribution in [0.4, 0.5) is 11.6 Å². The van der Waals surface area contributed by atoms with Crippen LogP contribution in [0.1, 0.15) is 35.0 Å². The normalized spacial score (nSPS) is 18.5. The fourth-order valence-corrected chi connectivity index (χ4v) is 4.70. The first-order valence-corrected chi connectivity index (χ1v) is 10.4. The molecule has 26 heavy (non-hydrogen) atoms. The highest BCUT2D eigenvalue weighted by Crippen LogP contribution is 2.23. The Morgan fingerprint density at radius 1 is 1.31 bits per heavy atom. The topological polar surface area (TPSA) is 101 Å². The number of carbonyl (C=O) groups excluding carboxylic acids is 1. The SMILES string of the molecule is CCc1cccc(C)c1Nc1nccc(C(=O)NC2CCS(=O)(=O)C2)n1. The number of sulfone groups is 1. The van der Waals surface area contributed by atoms with Crippen molar-refractivity contribution in [2.45, 2.75) is 32.7 Å². The van der Waals surface area contributed by atoms with E-state index in [1.165, 1.54) is 12.3 Å². The van der Waals surface area contributed by atoms with E-state index in [9.17, 15) is 13.2 Å². The fraction of sp³-hybridized carbons (Fsp3) is 0.389. The molecule has 1 aromatic carbocycles. The first kappa shape index (κ1) is 18.3. The molecule has 0 bridgehead atoms. The predicted molar refractivity (Wildman–Crippen MR) is 100 cm³/mol. The third-order valence-corrected chi connectivity index (χ3v) is 6.20. The van der Waals surface area contributed by atoms with E-state index in [0.29, 0.717) is 12.4 Å². The average Bonchev–Trinajstić information content (AvgIpc) is 2.95. The van der Waals surface area contributed by atoms with Gasteiger partial charge in [0.25, 0.3) is 5.91 Å². The van der Waals surface area contributed by atoms with E-state index in [4.69, 9.17) is 0 Å². The zero-order chi connectivity index (χ0) is 18.7. The zero-order valence-corrected chi connectivity index (χ0v) is 15.6. The Balaban J connectivity index is 1.75. The van der Waals surface area contributed by atoms with E-state index < -0.39 is 15.7 Å². The molecule has 0 aliphatic carbocycles. The van der Waals surface area contributed by atoms with Crippen LogP contribution in [0.25, 0.3) is 0 Å². The summed E-state index contributed by atoms with van der Waals surface area (Å²) < 4.78 is 23.0. The number of aromatic nitrogens is 2. The van der Waals surface area contributed by atoms with E-state index in [2.05, 4.69) is 27.5 Å². The molecule has 2 N–H and O–H groups in total. The Kier molecular flexibility index (Phi) is 5.22. The lowest BCUT2D eigenvalue weighted by molar-refractivity contribution is 0.0936. The fourth-order valence-electron chi connectivity index (χ4n) is 3.03. The highest BCUT2D eigenvalue weighted by molar-refractivity contribution is 7.91. The number of aryl methyl sites for hydroxylation is 2. The van der Waals surface area contributed by atoms with Crippen molar-refractivity contribution in [1.29, 1.82) is 0 Å². The first-order chi connectivity index (χ1) is 12.4. The van der Waals surface area contributed by atoms with Gasteiger partial charge in [-0.2, -0.15) is 0 Å². The lowest BCUT2D eigenvalue weighted by atomic mass is 10.1. The number of anilines is 2. The van der Waals surface area contributed by atoms with Crippen LogP contribution in [0, 0.1) is 6.92 Å². The summed E-state index contributed by atoms with van der Waals surface area (Å²) in [4.78, 5) is 20.9. The van der Waals surface area contributed by atoms with Gasteiger partial charge < -0.3 is 10.6 Å². The molecule has 0 saturated carbocycles. The summed E-state index contributed by atoms with van der Waals surface area (Å²) in [6, 6.07) is 7.19. The maximum Gasteiger partial charge on any atom is 0.270 e. The number of para-hydroxylation sites is 1. The van der Waals surface area contributed by atoms with Crippen molar-refractivity contribution >= 4 is 27.4 Å². The zero-order valence-electron chi connectivity index (χ0n) is 14.8. The minimum absolute atomic E-state index is 0.0159. The quantitative estimate of drug-likeness (QED) is 0.830.